The lowest BCUT2D eigenvalue weighted by atomic mass is 9.73. The van der Waals surface area contributed by atoms with Crippen molar-refractivity contribution in [1.29, 1.82) is 0 Å². The molecule has 5 nitrogen and oxygen atoms in total. The maximum Gasteiger partial charge on any atom is 0.314 e. The zero-order valence-corrected chi connectivity index (χ0v) is 16.4. The number of carboxylic acids is 1. The maximum atomic E-state index is 12.8. The van der Waals surface area contributed by atoms with Crippen LogP contribution in [0.3, 0.4) is 0 Å². The van der Waals surface area contributed by atoms with Gasteiger partial charge in [0.25, 0.3) is 0 Å². The second kappa shape index (κ2) is 8.46. The largest absolute Gasteiger partial charge is 0.491 e. The Morgan fingerprint density at radius 3 is 2.36 bits per heavy atom. The van der Waals surface area contributed by atoms with E-state index in [1.54, 1.807) is 4.90 Å². The average molecular weight is 381 g/mol. The average Bonchev–Trinajstić information content (AvgIpc) is 2.68. The van der Waals surface area contributed by atoms with Crippen molar-refractivity contribution in [3.8, 4) is 5.75 Å². The molecule has 1 amide bonds. The predicted molar refractivity (Wildman–Crippen MR) is 107 cm³/mol. The van der Waals surface area contributed by atoms with Crippen molar-refractivity contribution in [2.45, 2.75) is 44.6 Å². The first kappa shape index (κ1) is 19.9. The molecule has 0 radical (unpaired) electrons. The Hall–Kier alpha value is -2.82. The van der Waals surface area contributed by atoms with Crippen LogP contribution in [0.2, 0.25) is 0 Å². The van der Waals surface area contributed by atoms with Crippen LogP contribution >= 0.6 is 0 Å². The van der Waals surface area contributed by atoms with E-state index in [9.17, 15) is 14.7 Å². The van der Waals surface area contributed by atoms with Crippen LogP contribution in [0.15, 0.2) is 54.6 Å². The van der Waals surface area contributed by atoms with E-state index in [1.165, 1.54) is 0 Å². The first-order chi connectivity index (χ1) is 13.4. The Kier molecular flexibility index (Phi) is 6.02. The van der Waals surface area contributed by atoms with Gasteiger partial charge >= 0.3 is 5.97 Å². The normalized spacial score (nSPS) is 16.0. The Labute approximate surface area is 165 Å². The molecule has 1 fully saturated rings. The molecule has 0 saturated carbocycles. The van der Waals surface area contributed by atoms with E-state index in [1.807, 2.05) is 68.4 Å². The number of hydrogen-bond acceptors (Lipinski definition) is 3. The molecular formula is C23H27NO4. The van der Waals surface area contributed by atoms with Gasteiger partial charge in [0.15, 0.2) is 0 Å². The summed E-state index contributed by atoms with van der Waals surface area (Å²) in [4.78, 5) is 26.6. The van der Waals surface area contributed by atoms with E-state index in [4.69, 9.17) is 4.74 Å². The van der Waals surface area contributed by atoms with Crippen molar-refractivity contribution in [2.24, 2.45) is 0 Å². The summed E-state index contributed by atoms with van der Waals surface area (Å²) < 4.78 is 5.69. The Morgan fingerprint density at radius 2 is 1.75 bits per heavy atom. The smallest absolute Gasteiger partial charge is 0.314 e. The van der Waals surface area contributed by atoms with E-state index in [0.717, 1.165) is 16.9 Å². The molecule has 1 aliphatic heterocycles. The number of ether oxygens (including phenoxy) is 1. The highest BCUT2D eigenvalue weighted by molar-refractivity contribution is 5.83. The molecule has 1 heterocycles. The molecule has 3 rings (SSSR count). The van der Waals surface area contributed by atoms with E-state index < -0.39 is 11.4 Å². The molecule has 0 spiro atoms. The minimum atomic E-state index is -0.914. The Bertz CT molecular complexity index is 824. The number of piperidine rings is 1. The van der Waals surface area contributed by atoms with Crippen LogP contribution in [0.25, 0.3) is 0 Å². The van der Waals surface area contributed by atoms with Crippen LogP contribution in [-0.2, 0) is 21.4 Å². The van der Waals surface area contributed by atoms with Gasteiger partial charge in [-0.1, -0.05) is 42.5 Å². The van der Waals surface area contributed by atoms with Crippen molar-refractivity contribution in [1.82, 2.24) is 4.90 Å². The number of carboxylic acid groups (broad SMARTS) is 1. The lowest BCUT2D eigenvalue weighted by molar-refractivity contribution is -0.148. The van der Waals surface area contributed by atoms with Gasteiger partial charge in [-0.2, -0.15) is 0 Å². The minimum absolute atomic E-state index is 0.0220. The number of carbonyl (C=O) groups excluding carboxylic acids is 1. The molecule has 0 aromatic heterocycles. The first-order valence-electron chi connectivity index (χ1n) is 9.73. The summed E-state index contributed by atoms with van der Waals surface area (Å²) in [5, 5.41) is 9.89. The van der Waals surface area contributed by atoms with Crippen molar-refractivity contribution >= 4 is 11.9 Å². The van der Waals surface area contributed by atoms with Gasteiger partial charge in [0.2, 0.25) is 5.91 Å². The molecule has 2 aromatic carbocycles. The minimum Gasteiger partial charge on any atom is -0.491 e. The van der Waals surface area contributed by atoms with Gasteiger partial charge in [-0.25, -0.2) is 0 Å². The van der Waals surface area contributed by atoms with Crippen LogP contribution < -0.4 is 4.74 Å². The van der Waals surface area contributed by atoms with Crippen LogP contribution in [0.1, 0.15) is 37.8 Å². The summed E-state index contributed by atoms with van der Waals surface area (Å²) in [5.74, 6) is -0.0361. The van der Waals surface area contributed by atoms with E-state index in [-0.39, 0.29) is 12.0 Å². The number of likely N-dealkylation sites (tertiary alicyclic amines) is 1. The summed E-state index contributed by atoms with van der Waals surface area (Å²) in [6, 6.07) is 16.9. The lowest BCUT2D eigenvalue weighted by Gasteiger charge is -2.39. The van der Waals surface area contributed by atoms with Crippen LogP contribution in [-0.4, -0.2) is 41.1 Å². The van der Waals surface area contributed by atoms with Gasteiger partial charge in [-0.15, -0.1) is 0 Å². The molecule has 1 N–H and O–H groups in total. The van der Waals surface area contributed by atoms with Crippen LogP contribution in [0.5, 0.6) is 5.75 Å². The number of rotatable bonds is 6. The SMILES string of the molecule is CC(C)Oc1cccc(CC(=O)N2CCC(C(=O)O)(c3ccccc3)CC2)c1. The zero-order valence-electron chi connectivity index (χ0n) is 16.4. The van der Waals surface area contributed by atoms with Gasteiger partial charge in [0.05, 0.1) is 17.9 Å². The second-order valence-corrected chi connectivity index (χ2v) is 7.62. The molecule has 0 atom stereocenters. The number of benzene rings is 2. The molecule has 28 heavy (non-hydrogen) atoms. The fourth-order valence-corrected chi connectivity index (χ4v) is 3.81. The van der Waals surface area contributed by atoms with Gasteiger partial charge in [0, 0.05) is 13.1 Å². The molecule has 1 aliphatic rings. The molecule has 1 saturated heterocycles. The Balaban J connectivity index is 1.66. The third-order valence-corrected chi connectivity index (χ3v) is 5.33. The highest BCUT2D eigenvalue weighted by Gasteiger charge is 2.43. The van der Waals surface area contributed by atoms with Gasteiger partial charge < -0.3 is 14.7 Å². The summed E-state index contributed by atoms with van der Waals surface area (Å²) in [6.45, 7) is 4.82. The van der Waals surface area contributed by atoms with Gasteiger partial charge in [0.1, 0.15) is 5.75 Å². The fourth-order valence-electron chi connectivity index (χ4n) is 3.81. The first-order valence-corrected chi connectivity index (χ1v) is 9.73. The predicted octanol–water partition coefficient (Wildman–Crippen LogP) is 3.66. The lowest BCUT2D eigenvalue weighted by Crippen LogP contribution is -2.49. The molecular weight excluding hydrogens is 354 g/mol. The second-order valence-electron chi connectivity index (χ2n) is 7.62. The topological polar surface area (TPSA) is 66.8 Å². The van der Waals surface area contributed by atoms with Crippen LogP contribution in [0, 0.1) is 0 Å². The number of nitrogens with zero attached hydrogens (tertiary/aromatic N) is 1. The standard InChI is InChI=1S/C23H27NO4/c1-17(2)28-20-10-6-7-18(15-20)16-21(25)24-13-11-23(12-14-24,22(26)27)19-8-4-3-5-9-19/h3-10,15,17H,11-14,16H2,1-2H3,(H,26,27). The summed E-state index contributed by atoms with van der Waals surface area (Å²) in [6.07, 6.45) is 1.22. The molecule has 0 aliphatic carbocycles. The van der Waals surface area contributed by atoms with Gasteiger partial charge in [-0.3, -0.25) is 9.59 Å². The highest BCUT2D eigenvalue weighted by Crippen LogP contribution is 2.36. The monoisotopic (exact) mass is 381 g/mol. The molecule has 0 unspecified atom stereocenters. The number of aliphatic carboxylic acids is 1. The van der Waals surface area contributed by atoms with Crippen molar-refractivity contribution in [3.05, 3.63) is 65.7 Å². The quantitative estimate of drug-likeness (QED) is 0.829. The highest BCUT2D eigenvalue weighted by atomic mass is 16.5. The fraction of sp³-hybridized carbons (Fsp3) is 0.391. The Morgan fingerprint density at radius 1 is 1.07 bits per heavy atom. The maximum absolute atomic E-state index is 12.8. The summed E-state index contributed by atoms with van der Waals surface area (Å²) >= 11 is 0. The van der Waals surface area contributed by atoms with E-state index in [0.29, 0.717) is 32.4 Å². The van der Waals surface area contributed by atoms with Crippen molar-refractivity contribution < 1.29 is 19.4 Å². The molecule has 2 aromatic rings. The third-order valence-electron chi connectivity index (χ3n) is 5.33. The third kappa shape index (κ3) is 4.35. The van der Waals surface area contributed by atoms with E-state index in [2.05, 4.69) is 0 Å². The van der Waals surface area contributed by atoms with Crippen molar-refractivity contribution in [2.75, 3.05) is 13.1 Å². The summed E-state index contributed by atoms with van der Waals surface area (Å²) in [7, 11) is 0. The van der Waals surface area contributed by atoms with E-state index >= 15 is 0 Å². The van der Waals surface area contributed by atoms with Crippen LogP contribution in [0.4, 0.5) is 0 Å². The number of amides is 1. The molecule has 0 bridgehead atoms. The molecule has 5 heteroatoms. The molecule has 148 valence electrons. The zero-order chi connectivity index (χ0) is 20.1. The van der Waals surface area contributed by atoms with Crippen molar-refractivity contribution in [3.63, 3.8) is 0 Å². The van der Waals surface area contributed by atoms with Gasteiger partial charge in [-0.05, 0) is 49.9 Å². The number of hydrogen-bond donors (Lipinski definition) is 1. The number of carbonyl (C=O) groups is 2. The summed E-state index contributed by atoms with van der Waals surface area (Å²) in [5.41, 5.74) is 0.803.